The van der Waals surface area contributed by atoms with Gasteiger partial charge in [-0.15, -0.1) is 0 Å². The topological polar surface area (TPSA) is 85.8 Å². The molecule has 7 heteroatoms. The van der Waals surface area contributed by atoms with Gasteiger partial charge in [-0.3, -0.25) is 9.36 Å². The Morgan fingerprint density at radius 1 is 1.37 bits per heavy atom. The van der Waals surface area contributed by atoms with E-state index in [1.54, 1.807) is 26.0 Å². The normalized spacial score (nSPS) is 10.5. The molecule has 0 saturated heterocycles. The second kappa shape index (κ2) is 5.38. The lowest BCUT2D eigenvalue weighted by molar-refractivity contribution is 0.681. The summed E-state index contributed by atoms with van der Waals surface area (Å²) < 4.78 is 1.52. The van der Waals surface area contributed by atoms with Gasteiger partial charge in [0, 0.05) is 11.8 Å². The molecule has 100 valence electrons. The smallest absolute Gasteiger partial charge is 0.254 e. The van der Waals surface area contributed by atoms with Gasteiger partial charge in [-0.05, 0) is 26.0 Å². The second-order valence-corrected chi connectivity index (χ2v) is 4.55. The van der Waals surface area contributed by atoms with Crippen LogP contribution in [-0.2, 0) is 6.54 Å². The molecule has 0 bridgehead atoms. The number of hydrogen-bond donors (Lipinski definition) is 2. The molecule has 0 aliphatic carbocycles. The number of hydrazine groups is 1. The molecular formula is C12H14ClN5O. The summed E-state index contributed by atoms with van der Waals surface area (Å²) in [6.07, 6.45) is 0. The van der Waals surface area contributed by atoms with Gasteiger partial charge in [-0.2, -0.15) is 0 Å². The van der Waals surface area contributed by atoms with E-state index in [9.17, 15) is 4.79 Å². The molecule has 2 aromatic rings. The number of pyridine rings is 1. The first-order valence-electron chi connectivity index (χ1n) is 5.68. The van der Waals surface area contributed by atoms with E-state index >= 15 is 0 Å². The number of nitrogens with two attached hydrogens (primary N) is 1. The average Bonchev–Trinajstić information content (AvgIpc) is 2.35. The van der Waals surface area contributed by atoms with Gasteiger partial charge in [-0.1, -0.05) is 11.6 Å². The largest absolute Gasteiger partial charge is 0.308 e. The first-order chi connectivity index (χ1) is 9.01. The Morgan fingerprint density at radius 2 is 2.11 bits per heavy atom. The van der Waals surface area contributed by atoms with Gasteiger partial charge in [0.25, 0.3) is 5.56 Å². The highest BCUT2D eigenvalue weighted by molar-refractivity contribution is 6.31. The fraction of sp³-hybridized carbons (Fsp3) is 0.250. The zero-order chi connectivity index (χ0) is 14.0. The average molecular weight is 280 g/mol. The zero-order valence-corrected chi connectivity index (χ0v) is 11.4. The highest BCUT2D eigenvalue weighted by Crippen LogP contribution is 2.17. The standard InChI is InChI=1S/C12H14ClN5O/c1-7-5-12(19)18(8(2)15-7)6-10-9(13)3-4-11(16-10)17-14/h3-5H,6,14H2,1-2H3,(H,16,17). The minimum Gasteiger partial charge on any atom is -0.308 e. The molecule has 0 radical (unpaired) electrons. The third kappa shape index (κ3) is 2.91. The zero-order valence-electron chi connectivity index (χ0n) is 10.6. The van der Waals surface area contributed by atoms with Gasteiger partial charge in [0.1, 0.15) is 11.6 Å². The number of nitrogens with zero attached hydrogens (tertiary/aromatic N) is 3. The van der Waals surface area contributed by atoms with Crippen LogP contribution in [0.2, 0.25) is 5.02 Å². The van der Waals surface area contributed by atoms with Crippen molar-refractivity contribution in [1.29, 1.82) is 0 Å². The van der Waals surface area contributed by atoms with Crippen molar-refractivity contribution in [2.45, 2.75) is 20.4 Å². The van der Waals surface area contributed by atoms with Crippen molar-refractivity contribution in [2.75, 3.05) is 5.43 Å². The lowest BCUT2D eigenvalue weighted by Gasteiger charge is -2.11. The molecule has 19 heavy (non-hydrogen) atoms. The van der Waals surface area contributed by atoms with E-state index in [1.165, 1.54) is 10.6 Å². The number of nitrogens with one attached hydrogen (secondary N) is 1. The molecule has 0 saturated carbocycles. The predicted molar refractivity (Wildman–Crippen MR) is 74.1 cm³/mol. The lowest BCUT2D eigenvalue weighted by atomic mass is 10.3. The van der Waals surface area contributed by atoms with Crippen LogP contribution in [-0.4, -0.2) is 14.5 Å². The minimum atomic E-state index is -0.131. The number of anilines is 1. The van der Waals surface area contributed by atoms with Crippen LogP contribution in [0.25, 0.3) is 0 Å². The Hall–Kier alpha value is -1.92. The number of aryl methyl sites for hydroxylation is 2. The Morgan fingerprint density at radius 3 is 2.74 bits per heavy atom. The van der Waals surface area contributed by atoms with E-state index in [-0.39, 0.29) is 12.1 Å². The van der Waals surface area contributed by atoms with E-state index in [2.05, 4.69) is 15.4 Å². The monoisotopic (exact) mass is 279 g/mol. The predicted octanol–water partition coefficient (Wildman–Crippen LogP) is 1.24. The summed E-state index contributed by atoms with van der Waals surface area (Å²) >= 11 is 6.07. The molecule has 0 amide bonds. The fourth-order valence-electron chi connectivity index (χ4n) is 1.78. The number of halogens is 1. The molecule has 2 aromatic heterocycles. The van der Waals surface area contributed by atoms with E-state index in [1.807, 2.05) is 0 Å². The van der Waals surface area contributed by atoms with Gasteiger partial charge in [0.05, 0.1) is 17.3 Å². The summed E-state index contributed by atoms with van der Waals surface area (Å²) in [7, 11) is 0. The quantitative estimate of drug-likeness (QED) is 0.652. The number of nitrogen functional groups attached to an aromatic ring is 1. The summed E-state index contributed by atoms with van der Waals surface area (Å²) in [6, 6.07) is 4.82. The van der Waals surface area contributed by atoms with Crippen molar-refractivity contribution < 1.29 is 0 Å². The highest BCUT2D eigenvalue weighted by Gasteiger charge is 2.09. The molecule has 0 fully saturated rings. The molecule has 0 unspecified atom stereocenters. The molecule has 2 rings (SSSR count). The van der Waals surface area contributed by atoms with Crippen LogP contribution in [0, 0.1) is 13.8 Å². The Balaban J connectivity index is 2.44. The SMILES string of the molecule is Cc1cc(=O)n(Cc2nc(NN)ccc2Cl)c(C)n1. The Kier molecular flexibility index (Phi) is 3.82. The number of hydrogen-bond acceptors (Lipinski definition) is 5. The van der Waals surface area contributed by atoms with Crippen LogP contribution >= 0.6 is 11.6 Å². The van der Waals surface area contributed by atoms with Crippen molar-refractivity contribution in [3.63, 3.8) is 0 Å². The van der Waals surface area contributed by atoms with Gasteiger partial charge < -0.3 is 5.43 Å². The highest BCUT2D eigenvalue weighted by atomic mass is 35.5. The third-order valence-corrected chi connectivity index (χ3v) is 3.05. The first kappa shape index (κ1) is 13.5. The number of rotatable bonds is 3. The molecular weight excluding hydrogens is 266 g/mol. The third-order valence-electron chi connectivity index (χ3n) is 2.70. The fourth-order valence-corrected chi connectivity index (χ4v) is 1.95. The Bertz CT molecular complexity index is 668. The molecule has 6 nitrogen and oxygen atoms in total. The van der Waals surface area contributed by atoms with Crippen LogP contribution in [0.4, 0.5) is 5.82 Å². The minimum absolute atomic E-state index is 0.131. The molecule has 0 aliphatic rings. The van der Waals surface area contributed by atoms with Gasteiger partial charge in [-0.25, -0.2) is 15.8 Å². The van der Waals surface area contributed by atoms with Crippen molar-refractivity contribution >= 4 is 17.4 Å². The summed E-state index contributed by atoms with van der Waals surface area (Å²) in [5.74, 6) is 6.42. The van der Waals surface area contributed by atoms with Crippen molar-refractivity contribution in [2.24, 2.45) is 5.84 Å². The van der Waals surface area contributed by atoms with Crippen molar-refractivity contribution in [3.05, 3.63) is 50.8 Å². The maximum Gasteiger partial charge on any atom is 0.254 e. The number of aromatic nitrogens is 3. The molecule has 3 N–H and O–H groups in total. The molecule has 2 heterocycles. The molecule has 0 atom stereocenters. The van der Waals surface area contributed by atoms with E-state index in [0.717, 1.165) is 0 Å². The lowest BCUT2D eigenvalue weighted by Crippen LogP contribution is -2.24. The van der Waals surface area contributed by atoms with Crippen LogP contribution < -0.4 is 16.8 Å². The van der Waals surface area contributed by atoms with Crippen LogP contribution in [0.1, 0.15) is 17.2 Å². The van der Waals surface area contributed by atoms with E-state index in [0.29, 0.717) is 28.1 Å². The summed E-state index contributed by atoms with van der Waals surface area (Å²) in [6.45, 7) is 3.81. The van der Waals surface area contributed by atoms with Gasteiger partial charge >= 0.3 is 0 Å². The van der Waals surface area contributed by atoms with Crippen LogP contribution in [0.3, 0.4) is 0 Å². The van der Waals surface area contributed by atoms with E-state index in [4.69, 9.17) is 17.4 Å². The van der Waals surface area contributed by atoms with Crippen molar-refractivity contribution in [1.82, 2.24) is 14.5 Å². The maximum absolute atomic E-state index is 11.9. The van der Waals surface area contributed by atoms with E-state index < -0.39 is 0 Å². The molecule has 0 aromatic carbocycles. The van der Waals surface area contributed by atoms with Crippen LogP contribution in [0.5, 0.6) is 0 Å². The van der Waals surface area contributed by atoms with Gasteiger partial charge in [0.15, 0.2) is 0 Å². The maximum atomic E-state index is 11.9. The summed E-state index contributed by atoms with van der Waals surface area (Å²) in [5, 5.41) is 0.478. The van der Waals surface area contributed by atoms with Crippen molar-refractivity contribution in [3.8, 4) is 0 Å². The summed E-state index contributed by atoms with van der Waals surface area (Å²) in [5.41, 5.74) is 3.57. The van der Waals surface area contributed by atoms with Crippen LogP contribution in [0.15, 0.2) is 23.0 Å². The first-order valence-corrected chi connectivity index (χ1v) is 6.06. The van der Waals surface area contributed by atoms with Gasteiger partial charge in [0.2, 0.25) is 0 Å². The molecule has 0 aliphatic heterocycles. The summed E-state index contributed by atoms with van der Waals surface area (Å²) in [4.78, 5) is 20.4. The Labute approximate surface area is 115 Å². The second-order valence-electron chi connectivity index (χ2n) is 4.14. The molecule has 0 spiro atoms.